The fourth-order valence-electron chi connectivity index (χ4n) is 2.95. The lowest BCUT2D eigenvalue weighted by Gasteiger charge is -2.26. The first-order chi connectivity index (χ1) is 14.3. The largest absolute Gasteiger partial charge is 0.491 e. The van der Waals surface area contributed by atoms with Crippen LogP contribution in [0, 0.1) is 0 Å². The molecule has 0 aliphatic carbocycles. The van der Waals surface area contributed by atoms with Crippen molar-refractivity contribution >= 4 is 17.6 Å². The van der Waals surface area contributed by atoms with Crippen molar-refractivity contribution in [2.24, 2.45) is 0 Å². The number of aliphatic hydroxyl groups is 1. The van der Waals surface area contributed by atoms with Gasteiger partial charge in [-0.3, -0.25) is 4.79 Å². The summed E-state index contributed by atoms with van der Waals surface area (Å²) >= 11 is 5.81. The number of ether oxygens (including phenoxy) is 3. The second-order valence-corrected chi connectivity index (χ2v) is 8.05. The first-order valence-corrected chi connectivity index (χ1v) is 10.7. The molecule has 0 aliphatic heterocycles. The summed E-state index contributed by atoms with van der Waals surface area (Å²) in [7, 11) is 0. The summed E-state index contributed by atoms with van der Waals surface area (Å²) in [5.74, 6) is 1.24. The van der Waals surface area contributed by atoms with Gasteiger partial charge >= 0.3 is 5.97 Å². The Kier molecular flexibility index (Phi) is 15.5. The molecular weight excluding hydrogens is 440 g/mol. The molecule has 0 bridgehead atoms. The number of carbonyl (C=O) groups excluding carboxylic acids is 1. The van der Waals surface area contributed by atoms with Gasteiger partial charge in [-0.05, 0) is 41.8 Å². The normalized spacial score (nSPS) is 12.2. The molecule has 0 unspecified atom stereocenters. The van der Waals surface area contributed by atoms with Gasteiger partial charge in [0.15, 0.2) is 0 Å². The van der Waals surface area contributed by atoms with Crippen LogP contribution in [0.25, 0.3) is 0 Å². The fraction of sp³-hybridized carbons (Fsp3) is 0.519. The van der Waals surface area contributed by atoms with Crippen LogP contribution in [0.15, 0.2) is 48.5 Å². The number of rotatable bonds is 11. The second kappa shape index (κ2) is 15.6. The van der Waals surface area contributed by atoms with Crippen LogP contribution in [0.1, 0.15) is 67.5 Å². The lowest BCUT2D eigenvalue weighted by Crippen LogP contribution is -2.25. The Hall–Kier alpha value is -2.24. The Morgan fingerprint density at radius 3 is 1.70 bits per heavy atom. The van der Waals surface area contributed by atoms with Gasteiger partial charge in [0.1, 0.15) is 30.8 Å². The van der Waals surface area contributed by atoms with E-state index in [0.29, 0.717) is 18.8 Å². The number of alkyl halides is 1. The molecule has 2 atom stereocenters. The summed E-state index contributed by atoms with van der Waals surface area (Å²) in [5.41, 5.74) is 2.08. The molecule has 0 saturated carbocycles. The molecule has 188 valence electrons. The summed E-state index contributed by atoms with van der Waals surface area (Å²) in [5, 5.41) is 9.63. The summed E-state index contributed by atoms with van der Waals surface area (Å²) < 4.78 is 16.4. The second-order valence-electron chi connectivity index (χ2n) is 7.74. The van der Waals surface area contributed by atoms with Gasteiger partial charge in [-0.1, -0.05) is 67.3 Å². The van der Waals surface area contributed by atoms with Gasteiger partial charge in [-0.25, -0.2) is 0 Å². The van der Waals surface area contributed by atoms with Gasteiger partial charge in [0.25, 0.3) is 0 Å². The third-order valence-corrected chi connectivity index (χ3v) is 5.35. The topological polar surface area (TPSA) is 65.0 Å². The first kappa shape index (κ1) is 32.9. The summed E-state index contributed by atoms with van der Waals surface area (Å²) in [4.78, 5) is 11.1. The molecule has 0 fully saturated rings. The van der Waals surface area contributed by atoms with Gasteiger partial charge in [0.2, 0.25) is 0 Å². The van der Waals surface area contributed by atoms with Gasteiger partial charge in [0, 0.05) is 12.3 Å². The molecule has 6 heteroatoms. The number of hydrogen-bond acceptors (Lipinski definition) is 5. The van der Waals surface area contributed by atoms with Crippen molar-refractivity contribution in [3.05, 3.63) is 59.7 Å². The Labute approximate surface area is 206 Å². The minimum atomic E-state index is -0.473. The number of halogens is 1. The van der Waals surface area contributed by atoms with Crippen molar-refractivity contribution in [2.45, 2.75) is 74.0 Å². The van der Waals surface area contributed by atoms with Crippen molar-refractivity contribution in [1.82, 2.24) is 0 Å². The van der Waals surface area contributed by atoms with Crippen molar-refractivity contribution in [3.63, 3.8) is 0 Å². The molecule has 0 aromatic heterocycles. The van der Waals surface area contributed by atoms with Gasteiger partial charge in [-0.15, -0.1) is 11.6 Å². The zero-order valence-electron chi connectivity index (χ0n) is 18.1. The van der Waals surface area contributed by atoms with E-state index in [4.69, 9.17) is 25.8 Å². The quantitative estimate of drug-likeness (QED) is 0.288. The van der Waals surface area contributed by atoms with Crippen LogP contribution >= 0.6 is 11.6 Å². The maximum atomic E-state index is 11.1. The maximum absolute atomic E-state index is 11.1. The van der Waals surface area contributed by atoms with Crippen molar-refractivity contribution < 1.29 is 24.1 Å². The molecule has 0 aliphatic rings. The summed E-state index contributed by atoms with van der Waals surface area (Å²) in [6, 6.07) is 15.8. The monoisotopic (exact) mass is 482 g/mol. The number of esters is 1. The first-order valence-electron chi connectivity index (χ1n) is 10.1. The molecule has 0 saturated heterocycles. The number of hydrogen-bond donors (Lipinski definition) is 1. The highest BCUT2D eigenvalue weighted by atomic mass is 35.5. The molecule has 0 heterocycles. The average molecular weight is 483 g/mol. The van der Waals surface area contributed by atoms with E-state index >= 15 is 0 Å². The minimum absolute atomic E-state index is 0. The molecule has 1 N–H and O–H groups in total. The molecule has 0 amide bonds. The van der Waals surface area contributed by atoms with Crippen molar-refractivity contribution in [2.75, 3.05) is 19.1 Å². The Balaban J connectivity index is 0. The minimum Gasteiger partial charge on any atom is -0.491 e. The fourth-order valence-corrected chi connectivity index (χ4v) is 3.10. The zero-order valence-corrected chi connectivity index (χ0v) is 18.8. The Bertz CT molecular complexity index is 787. The Morgan fingerprint density at radius 1 is 0.909 bits per heavy atom. The highest BCUT2D eigenvalue weighted by Crippen LogP contribution is 2.33. The smallest absolute Gasteiger partial charge is 0.303 e. The third kappa shape index (κ3) is 10.1. The molecule has 0 spiro atoms. The van der Waals surface area contributed by atoms with Crippen LogP contribution in [0.2, 0.25) is 0 Å². The highest BCUT2D eigenvalue weighted by Gasteiger charge is 2.23. The predicted octanol–water partition coefficient (Wildman–Crippen LogP) is 6.62. The zero-order chi connectivity index (χ0) is 22.1. The lowest BCUT2D eigenvalue weighted by molar-refractivity contribution is -0.146. The predicted molar refractivity (Wildman–Crippen MR) is 139 cm³/mol. The van der Waals surface area contributed by atoms with E-state index < -0.39 is 12.2 Å². The summed E-state index contributed by atoms with van der Waals surface area (Å²) in [6.07, 6.45) is -0.253. The van der Waals surface area contributed by atoms with Crippen LogP contribution in [0.5, 0.6) is 11.5 Å². The maximum Gasteiger partial charge on any atom is 0.303 e. The third-order valence-electron chi connectivity index (χ3n) is 5.01. The number of aliphatic hydroxyl groups excluding tert-OH is 1. The van der Waals surface area contributed by atoms with E-state index in [1.165, 1.54) is 6.92 Å². The molecular formula is C27H43ClO5. The molecule has 2 aromatic rings. The highest BCUT2D eigenvalue weighted by molar-refractivity contribution is 6.18. The molecule has 5 nitrogen and oxygen atoms in total. The van der Waals surface area contributed by atoms with Crippen LogP contribution in [-0.4, -0.2) is 42.4 Å². The van der Waals surface area contributed by atoms with Gasteiger partial charge < -0.3 is 19.3 Å². The molecule has 2 aromatic carbocycles. The SMILES string of the molecule is C.C.C.CC[C@@H](O)COc1ccc(C(C)(C)c2ccc(OC[C@@H](CCl)OC(C)=O)cc2)cc1. The van der Waals surface area contributed by atoms with E-state index in [1.54, 1.807) is 0 Å². The lowest BCUT2D eigenvalue weighted by atomic mass is 9.78. The Morgan fingerprint density at radius 2 is 1.33 bits per heavy atom. The van der Waals surface area contributed by atoms with Gasteiger partial charge in [-0.2, -0.15) is 0 Å². The van der Waals surface area contributed by atoms with E-state index in [2.05, 4.69) is 13.8 Å². The average Bonchev–Trinajstić information content (AvgIpc) is 2.75. The van der Waals surface area contributed by atoms with E-state index in [9.17, 15) is 9.90 Å². The summed E-state index contributed by atoms with van der Waals surface area (Å²) in [6.45, 7) is 8.09. The van der Waals surface area contributed by atoms with E-state index in [-0.39, 0.29) is 46.2 Å². The van der Waals surface area contributed by atoms with Crippen molar-refractivity contribution in [1.29, 1.82) is 0 Å². The molecule has 0 radical (unpaired) electrons. The van der Waals surface area contributed by atoms with Gasteiger partial charge in [0.05, 0.1) is 12.0 Å². The standard InChI is InChI=1S/C24H31ClO5.3CH4/c1-5-20(27)15-28-21-10-6-18(7-11-21)24(3,4)19-8-12-22(13-9-19)29-16-23(14-25)30-17(2)26;;;/h6-13,20,23,27H,5,14-16H2,1-4H3;3*1H4/t20-,23-;;;/m1.../s1. The van der Waals surface area contributed by atoms with Crippen LogP contribution < -0.4 is 9.47 Å². The van der Waals surface area contributed by atoms with Crippen molar-refractivity contribution in [3.8, 4) is 11.5 Å². The van der Waals surface area contributed by atoms with Crippen LogP contribution in [-0.2, 0) is 14.9 Å². The number of carbonyl (C=O) groups is 1. The van der Waals surface area contributed by atoms with E-state index in [0.717, 1.165) is 16.9 Å². The van der Waals surface area contributed by atoms with Crippen LogP contribution in [0.4, 0.5) is 0 Å². The molecule has 2 rings (SSSR count). The van der Waals surface area contributed by atoms with Crippen LogP contribution in [0.3, 0.4) is 0 Å². The van der Waals surface area contributed by atoms with E-state index in [1.807, 2.05) is 55.5 Å². The number of benzene rings is 2. The molecule has 33 heavy (non-hydrogen) atoms.